The third-order valence-corrected chi connectivity index (χ3v) is 8.91. The molecule has 3 N–H and O–H groups in total. The summed E-state index contributed by atoms with van der Waals surface area (Å²) in [7, 11) is 3.73. The highest BCUT2D eigenvalue weighted by molar-refractivity contribution is 5.86. The molecule has 0 aliphatic carbocycles. The van der Waals surface area contributed by atoms with Crippen molar-refractivity contribution in [3.63, 3.8) is 0 Å². The Morgan fingerprint density at radius 1 is 0.685 bits per heavy atom. The number of benzene rings is 4. The Bertz CT molecular complexity index is 2690. The molecule has 0 unspecified atom stereocenters. The number of aliphatic hydroxyl groups is 1. The van der Waals surface area contributed by atoms with E-state index in [-0.39, 0.29) is 21.5 Å². The molecule has 4 heterocycles. The maximum atomic E-state index is 10.0. The molecule has 0 aliphatic rings. The zero-order valence-corrected chi connectivity index (χ0v) is 29.1. The molecule has 0 saturated carbocycles. The minimum Gasteiger partial charge on any atom is -0.392 e. The van der Waals surface area contributed by atoms with E-state index in [0.29, 0.717) is 22.8 Å². The van der Waals surface area contributed by atoms with E-state index >= 15 is 0 Å². The highest BCUT2D eigenvalue weighted by Gasteiger charge is 2.22. The SMILES string of the molecule is C.C.C=Cc1c(-c2ccc(C)cc2)nn(C)c1-c1nc2ccc(C#N)cc2[nH]1.Cc1ccc(-c2nn(C)c(-c3nc4ccc(C#N)cc4[nH]3)c2CO)cc1. The van der Waals surface area contributed by atoms with Crippen molar-refractivity contribution in [2.45, 2.75) is 35.3 Å². The Morgan fingerprint density at radius 3 is 1.59 bits per heavy atom. The maximum Gasteiger partial charge on any atom is 0.157 e. The largest absolute Gasteiger partial charge is 0.392 e. The molecule has 0 saturated heterocycles. The zero-order chi connectivity index (χ0) is 36.5. The van der Waals surface area contributed by atoms with Crippen molar-refractivity contribution in [2.75, 3.05) is 0 Å². The average molecular weight is 715 g/mol. The van der Waals surface area contributed by atoms with Crippen molar-refractivity contribution in [1.29, 1.82) is 10.5 Å². The molecule has 8 rings (SSSR count). The number of aromatic nitrogens is 8. The summed E-state index contributed by atoms with van der Waals surface area (Å²) >= 11 is 0. The van der Waals surface area contributed by atoms with Gasteiger partial charge in [-0.1, -0.05) is 87.2 Å². The van der Waals surface area contributed by atoms with Gasteiger partial charge in [0.1, 0.15) is 17.1 Å². The van der Waals surface area contributed by atoms with Crippen LogP contribution in [0.3, 0.4) is 0 Å². The molecule has 54 heavy (non-hydrogen) atoms. The lowest BCUT2D eigenvalue weighted by atomic mass is 10.0. The molecule has 0 radical (unpaired) electrons. The monoisotopic (exact) mass is 714 g/mol. The Balaban J connectivity index is 0.000000200. The first-order chi connectivity index (χ1) is 25.2. The molecule has 270 valence electrons. The van der Waals surface area contributed by atoms with E-state index in [1.165, 1.54) is 11.1 Å². The Labute approximate surface area is 314 Å². The molecular formula is C43H42N10O. The number of rotatable bonds is 6. The third-order valence-electron chi connectivity index (χ3n) is 8.91. The first kappa shape index (κ1) is 38.2. The Hall–Kier alpha value is -7.08. The zero-order valence-electron chi connectivity index (χ0n) is 29.1. The normalized spacial score (nSPS) is 10.5. The van der Waals surface area contributed by atoms with Gasteiger partial charge in [0.25, 0.3) is 0 Å². The Morgan fingerprint density at radius 2 is 1.13 bits per heavy atom. The van der Waals surface area contributed by atoms with Crippen LogP contribution in [0.2, 0.25) is 0 Å². The van der Waals surface area contributed by atoms with E-state index in [0.717, 1.165) is 67.1 Å². The van der Waals surface area contributed by atoms with Gasteiger partial charge in [0.15, 0.2) is 11.6 Å². The lowest BCUT2D eigenvalue weighted by Gasteiger charge is -2.02. The van der Waals surface area contributed by atoms with Gasteiger partial charge in [-0.15, -0.1) is 0 Å². The molecule has 0 bridgehead atoms. The molecule has 4 aromatic carbocycles. The molecule has 0 atom stereocenters. The number of H-pyrrole nitrogens is 2. The number of hydrogen-bond acceptors (Lipinski definition) is 7. The van der Waals surface area contributed by atoms with Gasteiger partial charge in [0.05, 0.1) is 57.6 Å². The summed E-state index contributed by atoms with van der Waals surface area (Å²) in [4.78, 5) is 15.8. The summed E-state index contributed by atoms with van der Waals surface area (Å²) in [6.07, 6.45) is 1.81. The van der Waals surface area contributed by atoms with E-state index in [1.54, 1.807) is 28.9 Å². The number of nitriles is 2. The van der Waals surface area contributed by atoms with E-state index < -0.39 is 0 Å². The molecule has 0 fully saturated rings. The number of hydrogen-bond donors (Lipinski definition) is 3. The Kier molecular flexibility index (Phi) is 11.1. The van der Waals surface area contributed by atoms with Crippen molar-refractivity contribution in [3.8, 4) is 57.7 Å². The van der Waals surface area contributed by atoms with Crippen LogP contribution < -0.4 is 0 Å². The molecule has 0 aliphatic heterocycles. The topological polar surface area (TPSA) is 161 Å². The quantitative estimate of drug-likeness (QED) is 0.155. The first-order valence-electron chi connectivity index (χ1n) is 16.5. The van der Waals surface area contributed by atoms with Crippen molar-refractivity contribution in [2.24, 2.45) is 14.1 Å². The summed E-state index contributed by atoms with van der Waals surface area (Å²) in [6, 6.07) is 31.3. The van der Waals surface area contributed by atoms with Gasteiger partial charge >= 0.3 is 0 Å². The summed E-state index contributed by atoms with van der Waals surface area (Å²) in [5, 5.41) is 37.5. The molecule has 11 heteroatoms. The number of fused-ring (bicyclic) bond motifs is 2. The van der Waals surface area contributed by atoms with Crippen molar-refractivity contribution < 1.29 is 5.11 Å². The lowest BCUT2D eigenvalue weighted by Crippen LogP contribution is -1.97. The van der Waals surface area contributed by atoms with Gasteiger partial charge in [-0.05, 0) is 50.2 Å². The highest BCUT2D eigenvalue weighted by Crippen LogP contribution is 2.34. The van der Waals surface area contributed by atoms with Gasteiger partial charge in [-0.2, -0.15) is 20.7 Å². The van der Waals surface area contributed by atoms with Gasteiger partial charge in [0, 0.05) is 36.3 Å². The summed E-state index contributed by atoms with van der Waals surface area (Å²) in [5.74, 6) is 1.32. The van der Waals surface area contributed by atoms with Crippen LogP contribution in [-0.2, 0) is 20.7 Å². The van der Waals surface area contributed by atoms with Crippen LogP contribution in [-0.4, -0.2) is 44.6 Å². The first-order valence-corrected chi connectivity index (χ1v) is 16.5. The van der Waals surface area contributed by atoms with Gasteiger partial charge in [-0.25, -0.2) is 9.97 Å². The van der Waals surface area contributed by atoms with Crippen molar-refractivity contribution in [3.05, 3.63) is 125 Å². The van der Waals surface area contributed by atoms with Crippen LogP contribution in [0, 0.1) is 36.5 Å². The third kappa shape index (κ3) is 7.04. The minimum atomic E-state index is -0.146. The van der Waals surface area contributed by atoms with E-state index in [4.69, 9.17) is 15.6 Å². The predicted octanol–water partition coefficient (Wildman–Crippen LogP) is 9.03. The number of aliphatic hydroxyl groups excluding tert-OH is 1. The second-order valence-electron chi connectivity index (χ2n) is 12.5. The molecule has 11 nitrogen and oxygen atoms in total. The second-order valence-corrected chi connectivity index (χ2v) is 12.5. The number of aryl methyl sites for hydroxylation is 4. The summed E-state index contributed by atoms with van der Waals surface area (Å²) in [6.45, 7) is 7.93. The van der Waals surface area contributed by atoms with Crippen LogP contribution in [0.25, 0.3) is 73.7 Å². The van der Waals surface area contributed by atoms with Crippen LogP contribution >= 0.6 is 0 Å². The standard InChI is InChI=1S/C21H17N5.C20H17N5O.2CH4/c1-4-16-19(15-8-5-13(2)6-9-15)25-26(3)20(16)21-23-17-10-7-14(12-22)11-18(17)24-21;1-12-3-6-14(7-4-12)18-15(11-26)19(25(2)24-18)20-22-16-8-5-13(10-21)9-17(16)23-20;;/h4-11H,1H2,2-3H3,(H,23,24);3-9,26H,11H2,1-2H3,(H,22,23);2*1H4. The lowest BCUT2D eigenvalue weighted by molar-refractivity contribution is 0.283. The van der Waals surface area contributed by atoms with Crippen LogP contribution in [0.1, 0.15) is 48.2 Å². The maximum absolute atomic E-state index is 10.0. The van der Waals surface area contributed by atoms with Crippen LogP contribution in [0.4, 0.5) is 0 Å². The second kappa shape index (κ2) is 15.7. The fraction of sp³-hybridized carbons (Fsp3) is 0.163. The summed E-state index contributed by atoms with van der Waals surface area (Å²) in [5.41, 5.74) is 13.6. The van der Waals surface area contributed by atoms with Crippen LogP contribution in [0.15, 0.2) is 91.5 Å². The van der Waals surface area contributed by atoms with E-state index in [1.807, 2.05) is 68.2 Å². The average Bonchev–Trinajstić information content (AvgIpc) is 3.93. The molecule has 8 aromatic rings. The molecule has 4 aromatic heterocycles. The van der Waals surface area contributed by atoms with Crippen molar-refractivity contribution >= 4 is 28.1 Å². The fourth-order valence-electron chi connectivity index (χ4n) is 6.28. The number of imidazole rings is 2. The van der Waals surface area contributed by atoms with Gasteiger partial charge in [0.2, 0.25) is 0 Å². The molecule has 0 spiro atoms. The highest BCUT2D eigenvalue weighted by atomic mass is 16.3. The van der Waals surface area contributed by atoms with Gasteiger partial charge < -0.3 is 15.1 Å². The smallest absolute Gasteiger partial charge is 0.157 e. The number of nitrogens with zero attached hydrogens (tertiary/aromatic N) is 8. The molecular weight excluding hydrogens is 673 g/mol. The predicted molar refractivity (Wildman–Crippen MR) is 216 cm³/mol. The van der Waals surface area contributed by atoms with E-state index in [2.05, 4.69) is 74.9 Å². The minimum absolute atomic E-state index is 0. The number of aromatic amines is 2. The van der Waals surface area contributed by atoms with Gasteiger partial charge in [-0.3, -0.25) is 9.36 Å². The van der Waals surface area contributed by atoms with Crippen LogP contribution in [0.5, 0.6) is 0 Å². The summed E-state index contributed by atoms with van der Waals surface area (Å²) < 4.78 is 3.54. The number of nitrogens with one attached hydrogen (secondary N) is 2. The fourth-order valence-corrected chi connectivity index (χ4v) is 6.28. The molecule has 0 amide bonds. The van der Waals surface area contributed by atoms with E-state index in [9.17, 15) is 5.11 Å². The van der Waals surface area contributed by atoms with Crippen molar-refractivity contribution in [1.82, 2.24) is 39.5 Å².